The van der Waals surface area contributed by atoms with Crippen LogP contribution in [0.3, 0.4) is 0 Å². The molecule has 2 N–H and O–H groups in total. The minimum absolute atomic E-state index is 0.563. The minimum atomic E-state index is 0.563. The van der Waals surface area contributed by atoms with Crippen LogP contribution >= 0.6 is 27.5 Å². The molecule has 0 amide bonds. The van der Waals surface area contributed by atoms with Crippen molar-refractivity contribution in [3.05, 3.63) is 33.3 Å². The van der Waals surface area contributed by atoms with Gasteiger partial charge >= 0.3 is 0 Å². The Morgan fingerprint density at radius 1 is 1.53 bits per heavy atom. The van der Waals surface area contributed by atoms with Gasteiger partial charge in [0.25, 0.3) is 0 Å². The van der Waals surface area contributed by atoms with Crippen molar-refractivity contribution in [2.75, 3.05) is 13.1 Å². The molecular formula is C11H14BrClN2. The Morgan fingerprint density at radius 2 is 2.33 bits per heavy atom. The molecular weight excluding hydrogens is 275 g/mol. The first-order valence-electron chi connectivity index (χ1n) is 5.08. The lowest BCUT2D eigenvalue weighted by atomic mass is 10.0. The molecule has 1 heterocycles. The molecule has 1 saturated heterocycles. The lowest BCUT2D eigenvalue weighted by molar-refractivity contribution is 0.0880. The second-order valence-electron chi connectivity index (χ2n) is 3.88. The minimum Gasteiger partial charge on any atom is -0.329 e. The molecule has 0 saturated carbocycles. The molecule has 4 heteroatoms. The number of rotatable bonds is 3. The van der Waals surface area contributed by atoms with Crippen molar-refractivity contribution < 1.29 is 0 Å². The van der Waals surface area contributed by atoms with Crippen molar-refractivity contribution >= 4 is 27.5 Å². The fourth-order valence-electron chi connectivity index (χ4n) is 1.84. The molecule has 2 nitrogen and oxygen atoms in total. The van der Waals surface area contributed by atoms with Gasteiger partial charge in [-0.3, -0.25) is 4.90 Å². The second-order valence-corrected chi connectivity index (χ2v) is 5.18. The summed E-state index contributed by atoms with van der Waals surface area (Å²) in [5, 5.41) is 0.768. The highest BCUT2D eigenvalue weighted by molar-refractivity contribution is 9.10. The van der Waals surface area contributed by atoms with Crippen LogP contribution in [0.1, 0.15) is 12.0 Å². The van der Waals surface area contributed by atoms with Crippen molar-refractivity contribution in [3.8, 4) is 0 Å². The molecule has 1 unspecified atom stereocenters. The summed E-state index contributed by atoms with van der Waals surface area (Å²) in [6.45, 7) is 2.86. The first-order valence-corrected chi connectivity index (χ1v) is 6.26. The number of halogens is 2. The molecule has 0 spiro atoms. The van der Waals surface area contributed by atoms with Crippen LogP contribution in [0.2, 0.25) is 5.02 Å². The van der Waals surface area contributed by atoms with Gasteiger partial charge in [0.2, 0.25) is 0 Å². The Balaban J connectivity index is 2.04. The standard InChI is InChI=1S/C11H14BrClN2/c12-11-5-9(13)2-1-8(11)7-15-4-3-10(15)6-14/h1-2,5,10H,3-4,6-7,14H2. The van der Waals surface area contributed by atoms with Gasteiger partial charge in [0.1, 0.15) is 0 Å². The zero-order valence-corrected chi connectivity index (χ0v) is 10.8. The van der Waals surface area contributed by atoms with E-state index in [9.17, 15) is 0 Å². The third-order valence-electron chi connectivity index (χ3n) is 2.93. The summed E-state index contributed by atoms with van der Waals surface area (Å²) in [7, 11) is 0. The normalized spacial score (nSPS) is 21.4. The van der Waals surface area contributed by atoms with E-state index in [-0.39, 0.29) is 0 Å². The summed E-state index contributed by atoms with van der Waals surface area (Å²) >= 11 is 9.42. The maximum atomic E-state index is 5.89. The number of nitrogens with zero attached hydrogens (tertiary/aromatic N) is 1. The van der Waals surface area contributed by atoms with E-state index in [1.54, 1.807) is 0 Å². The Morgan fingerprint density at radius 3 is 2.87 bits per heavy atom. The predicted octanol–water partition coefficient (Wildman–Crippen LogP) is 2.64. The molecule has 15 heavy (non-hydrogen) atoms. The molecule has 1 atom stereocenters. The van der Waals surface area contributed by atoms with E-state index in [2.05, 4.69) is 26.9 Å². The average Bonchev–Trinajstić information content (AvgIpc) is 2.15. The van der Waals surface area contributed by atoms with Crippen molar-refractivity contribution in [2.24, 2.45) is 5.73 Å². The smallest absolute Gasteiger partial charge is 0.0417 e. The molecule has 1 aromatic carbocycles. The highest BCUT2D eigenvalue weighted by Crippen LogP contribution is 2.26. The summed E-state index contributed by atoms with van der Waals surface area (Å²) in [5.74, 6) is 0. The van der Waals surface area contributed by atoms with Crippen LogP contribution < -0.4 is 5.73 Å². The van der Waals surface area contributed by atoms with Gasteiger partial charge in [-0.25, -0.2) is 0 Å². The highest BCUT2D eigenvalue weighted by atomic mass is 79.9. The summed E-state index contributed by atoms with van der Waals surface area (Å²) in [5.41, 5.74) is 6.94. The molecule has 1 aromatic rings. The predicted molar refractivity (Wildman–Crippen MR) is 67.0 cm³/mol. The van der Waals surface area contributed by atoms with E-state index >= 15 is 0 Å². The molecule has 0 bridgehead atoms. The van der Waals surface area contributed by atoms with Crippen LogP contribution in [0, 0.1) is 0 Å². The van der Waals surface area contributed by atoms with Crippen LogP contribution in [-0.2, 0) is 6.54 Å². The molecule has 1 aliphatic rings. The van der Waals surface area contributed by atoms with Crippen molar-refractivity contribution in [3.63, 3.8) is 0 Å². The van der Waals surface area contributed by atoms with Gasteiger partial charge in [0, 0.05) is 35.2 Å². The van der Waals surface area contributed by atoms with E-state index in [1.165, 1.54) is 12.0 Å². The average molecular weight is 290 g/mol. The number of hydrogen-bond acceptors (Lipinski definition) is 2. The Kier molecular flexibility index (Phi) is 3.67. The van der Waals surface area contributed by atoms with Crippen LogP contribution in [0.5, 0.6) is 0 Å². The second kappa shape index (κ2) is 4.83. The van der Waals surface area contributed by atoms with Gasteiger partial charge in [-0.05, 0) is 24.1 Å². The van der Waals surface area contributed by atoms with Gasteiger partial charge in [-0.1, -0.05) is 33.6 Å². The van der Waals surface area contributed by atoms with Gasteiger partial charge < -0.3 is 5.73 Å². The van der Waals surface area contributed by atoms with E-state index in [1.807, 2.05) is 12.1 Å². The first-order chi connectivity index (χ1) is 7.20. The van der Waals surface area contributed by atoms with Gasteiger partial charge in [-0.2, -0.15) is 0 Å². The molecule has 2 rings (SSSR count). The zero-order valence-electron chi connectivity index (χ0n) is 8.42. The number of nitrogens with two attached hydrogens (primary N) is 1. The fourth-order valence-corrected chi connectivity index (χ4v) is 2.65. The van der Waals surface area contributed by atoms with E-state index in [4.69, 9.17) is 17.3 Å². The Bertz CT molecular complexity index is 354. The molecule has 0 aromatic heterocycles. The van der Waals surface area contributed by atoms with Crippen molar-refractivity contribution in [2.45, 2.75) is 19.0 Å². The van der Waals surface area contributed by atoms with Gasteiger partial charge in [0.05, 0.1) is 0 Å². The van der Waals surface area contributed by atoms with Gasteiger partial charge in [-0.15, -0.1) is 0 Å². The Hall–Kier alpha value is -0.0900. The van der Waals surface area contributed by atoms with Crippen LogP contribution in [0.4, 0.5) is 0 Å². The zero-order chi connectivity index (χ0) is 10.8. The SMILES string of the molecule is NCC1CCN1Cc1ccc(Cl)cc1Br. The fraction of sp³-hybridized carbons (Fsp3) is 0.455. The molecule has 82 valence electrons. The maximum Gasteiger partial charge on any atom is 0.0417 e. The number of hydrogen-bond donors (Lipinski definition) is 1. The lowest BCUT2D eigenvalue weighted by Crippen LogP contribution is -2.50. The summed E-state index contributed by atoms with van der Waals surface area (Å²) in [4.78, 5) is 2.40. The largest absolute Gasteiger partial charge is 0.329 e. The van der Waals surface area contributed by atoms with Crippen molar-refractivity contribution in [1.29, 1.82) is 0 Å². The lowest BCUT2D eigenvalue weighted by Gasteiger charge is -2.40. The van der Waals surface area contributed by atoms with Gasteiger partial charge in [0.15, 0.2) is 0 Å². The summed E-state index contributed by atoms with van der Waals surface area (Å²) < 4.78 is 1.08. The third kappa shape index (κ3) is 2.53. The monoisotopic (exact) mass is 288 g/mol. The number of benzene rings is 1. The van der Waals surface area contributed by atoms with E-state index in [0.29, 0.717) is 6.04 Å². The third-order valence-corrected chi connectivity index (χ3v) is 3.90. The summed E-state index contributed by atoms with van der Waals surface area (Å²) in [6, 6.07) is 6.50. The first kappa shape index (κ1) is 11.4. The molecule has 0 aliphatic carbocycles. The Labute approximate surface area is 104 Å². The quantitative estimate of drug-likeness (QED) is 0.927. The highest BCUT2D eigenvalue weighted by Gasteiger charge is 2.26. The van der Waals surface area contributed by atoms with Crippen LogP contribution in [-0.4, -0.2) is 24.0 Å². The topological polar surface area (TPSA) is 29.3 Å². The molecule has 1 fully saturated rings. The van der Waals surface area contributed by atoms with Crippen LogP contribution in [0.25, 0.3) is 0 Å². The van der Waals surface area contributed by atoms with E-state index in [0.717, 1.165) is 29.1 Å². The number of likely N-dealkylation sites (tertiary alicyclic amines) is 1. The van der Waals surface area contributed by atoms with Crippen molar-refractivity contribution in [1.82, 2.24) is 4.90 Å². The molecule has 1 aliphatic heterocycles. The van der Waals surface area contributed by atoms with E-state index < -0.39 is 0 Å². The summed E-state index contributed by atoms with van der Waals surface area (Å²) in [6.07, 6.45) is 1.22. The maximum absolute atomic E-state index is 5.89. The van der Waals surface area contributed by atoms with Crippen LogP contribution in [0.15, 0.2) is 22.7 Å². The molecule has 0 radical (unpaired) electrons.